The SMILES string of the molecule is O=C(O)O.O=Cc1cc(OC(F)(F)F)ccc1OC1(Sc2ccccc2)CC1.[Ag]. The molecule has 0 saturated heterocycles. The summed E-state index contributed by atoms with van der Waals surface area (Å²) in [5.74, 6) is -0.196. The molecule has 0 amide bonds. The zero-order valence-corrected chi connectivity index (χ0v) is 16.8. The second kappa shape index (κ2) is 10.6. The van der Waals surface area contributed by atoms with Gasteiger partial charge in [0.05, 0.1) is 5.56 Å². The van der Waals surface area contributed by atoms with E-state index in [9.17, 15) is 18.0 Å². The number of carbonyl (C=O) groups excluding carboxylic acids is 1. The third-order valence-electron chi connectivity index (χ3n) is 3.34. The largest absolute Gasteiger partial charge is 0.573 e. The van der Waals surface area contributed by atoms with E-state index in [4.69, 9.17) is 19.7 Å². The van der Waals surface area contributed by atoms with Gasteiger partial charge in [0.15, 0.2) is 11.2 Å². The summed E-state index contributed by atoms with van der Waals surface area (Å²) in [5.41, 5.74) is 0.0247. The van der Waals surface area contributed by atoms with E-state index < -0.39 is 23.2 Å². The standard InChI is InChI=1S/C17H13F3O3S.CH2O3.Ag/c18-17(19,20)22-13-6-7-15(12(10-13)11-21)23-16(8-9-16)24-14-4-2-1-3-5-14;2-1(3)4;/h1-7,10-11H,8-9H2;(H2,2,3,4);. The molecule has 1 aliphatic rings. The van der Waals surface area contributed by atoms with E-state index in [0.717, 1.165) is 29.9 Å². The van der Waals surface area contributed by atoms with Gasteiger partial charge in [0.2, 0.25) is 0 Å². The van der Waals surface area contributed by atoms with Crippen molar-refractivity contribution in [1.82, 2.24) is 0 Å². The Balaban J connectivity index is 0.000000771. The Morgan fingerprint density at radius 2 is 1.69 bits per heavy atom. The molecule has 0 aromatic heterocycles. The van der Waals surface area contributed by atoms with Crippen LogP contribution in [0.2, 0.25) is 0 Å². The van der Waals surface area contributed by atoms with E-state index >= 15 is 0 Å². The fraction of sp³-hybridized carbons (Fsp3) is 0.222. The molecule has 1 saturated carbocycles. The molecule has 0 atom stereocenters. The average molecular weight is 524 g/mol. The number of aldehydes is 1. The molecular formula is C18H15AgF3O6S. The Morgan fingerprint density at radius 1 is 1.10 bits per heavy atom. The number of hydrogen-bond acceptors (Lipinski definition) is 5. The van der Waals surface area contributed by atoms with Gasteiger partial charge in [-0.3, -0.25) is 4.79 Å². The van der Waals surface area contributed by atoms with Gasteiger partial charge in [0.25, 0.3) is 0 Å². The predicted molar refractivity (Wildman–Crippen MR) is 94.1 cm³/mol. The number of alkyl halides is 3. The zero-order chi connectivity index (χ0) is 20.8. The fourth-order valence-electron chi connectivity index (χ4n) is 2.14. The number of rotatable bonds is 6. The summed E-state index contributed by atoms with van der Waals surface area (Å²) >= 11 is 1.54. The first-order valence-corrected chi connectivity index (χ1v) is 8.64. The molecule has 29 heavy (non-hydrogen) atoms. The molecule has 6 nitrogen and oxygen atoms in total. The molecule has 0 unspecified atom stereocenters. The summed E-state index contributed by atoms with van der Waals surface area (Å²) in [6.45, 7) is 0. The fourth-order valence-corrected chi connectivity index (χ4v) is 3.30. The quantitative estimate of drug-likeness (QED) is 0.302. The molecule has 2 aromatic rings. The number of carboxylic acid groups (broad SMARTS) is 2. The maximum absolute atomic E-state index is 12.3. The van der Waals surface area contributed by atoms with E-state index in [0.29, 0.717) is 6.29 Å². The monoisotopic (exact) mass is 523 g/mol. The van der Waals surface area contributed by atoms with E-state index in [2.05, 4.69) is 4.74 Å². The van der Waals surface area contributed by atoms with Crippen LogP contribution in [0.25, 0.3) is 0 Å². The third kappa shape index (κ3) is 8.82. The van der Waals surface area contributed by atoms with Gasteiger partial charge in [0, 0.05) is 40.1 Å². The first-order valence-electron chi connectivity index (χ1n) is 7.82. The minimum Gasteiger partial charge on any atom is -0.476 e. The molecule has 1 aliphatic carbocycles. The van der Waals surface area contributed by atoms with Crippen molar-refractivity contribution in [3.05, 3.63) is 54.1 Å². The van der Waals surface area contributed by atoms with Crippen LogP contribution in [0.1, 0.15) is 23.2 Å². The van der Waals surface area contributed by atoms with E-state index in [-0.39, 0.29) is 33.7 Å². The molecule has 0 heterocycles. The van der Waals surface area contributed by atoms with Crippen LogP contribution in [-0.4, -0.2) is 34.0 Å². The predicted octanol–water partition coefficient (Wildman–Crippen LogP) is 5.28. The summed E-state index contributed by atoms with van der Waals surface area (Å²) < 4.78 is 46.5. The van der Waals surface area contributed by atoms with Crippen LogP contribution in [0.15, 0.2) is 53.4 Å². The van der Waals surface area contributed by atoms with Gasteiger partial charge in [0.1, 0.15) is 11.5 Å². The topological polar surface area (TPSA) is 93.1 Å². The zero-order valence-electron chi connectivity index (χ0n) is 14.5. The summed E-state index contributed by atoms with van der Waals surface area (Å²) in [6, 6.07) is 13.1. The van der Waals surface area contributed by atoms with E-state index in [1.165, 1.54) is 17.8 Å². The van der Waals surface area contributed by atoms with Gasteiger partial charge in [-0.05, 0) is 30.3 Å². The van der Waals surface area contributed by atoms with Crippen LogP contribution in [-0.2, 0) is 22.4 Å². The molecule has 2 aromatic carbocycles. The number of carbonyl (C=O) groups is 2. The van der Waals surface area contributed by atoms with Crippen molar-refractivity contribution in [1.29, 1.82) is 0 Å². The van der Waals surface area contributed by atoms with Crippen LogP contribution >= 0.6 is 11.8 Å². The van der Waals surface area contributed by atoms with Crippen molar-refractivity contribution < 1.29 is 64.8 Å². The Hall–Kier alpha value is -2.14. The second-order valence-corrected chi connectivity index (χ2v) is 7.00. The van der Waals surface area contributed by atoms with Gasteiger partial charge in [-0.1, -0.05) is 30.0 Å². The minimum absolute atomic E-state index is 0. The molecule has 11 heteroatoms. The normalized spacial score (nSPS) is 13.8. The van der Waals surface area contributed by atoms with Crippen molar-refractivity contribution in [2.45, 2.75) is 29.0 Å². The molecule has 2 N–H and O–H groups in total. The van der Waals surface area contributed by atoms with Crippen molar-refractivity contribution in [3.8, 4) is 11.5 Å². The first-order chi connectivity index (χ1) is 13.1. The average Bonchev–Trinajstić information content (AvgIpc) is 3.34. The summed E-state index contributed by atoms with van der Waals surface area (Å²) in [5, 5.41) is 13.9. The van der Waals surface area contributed by atoms with Gasteiger partial charge in [-0.2, -0.15) is 0 Å². The van der Waals surface area contributed by atoms with Crippen LogP contribution in [0.4, 0.5) is 18.0 Å². The van der Waals surface area contributed by atoms with Crippen LogP contribution < -0.4 is 9.47 Å². The Bertz CT molecular complexity index is 824. The number of halogens is 3. The molecular weight excluding hydrogens is 509 g/mol. The van der Waals surface area contributed by atoms with Crippen LogP contribution in [0, 0.1) is 0 Å². The van der Waals surface area contributed by atoms with Gasteiger partial charge >= 0.3 is 12.5 Å². The molecule has 0 aliphatic heterocycles. The molecule has 1 fully saturated rings. The van der Waals surface area contributed by atoms with E-state index in [1.807, 2.05) is 30.3 Å². The molecule has 0 bridgehead atoms. The van der Waals surface area contributed by atoms with Crippen molar-refractivity contribution in [2.24, 2.45) is 0 Å². The second-order valence-electron chi connectivity index (χ2n) is 5.58. The molecule has 1 radical (unpaired) electrons. The number of benzene rings is 2. The molecule has 0 spiro atoms. The maximum atomic E-state index is 12.3. The maximum Gasteiger partial charge on any atom is 0.573 e. The van der Waals surface area contributed by atoms with Crippen molar-refractivity contribution >= 4 is 24.2 Å². The Morgan fingerprint density at radius 3 is 2.17 bits per heavy atom. The van der Waals surface area contributed by atoms with Gasteiger partial charge in [-0.25, -0.2) is 4.79 Å². The third-order valence-corrected chi connectivity index (χ3v) is 4.71. The minimum atomic E-state index is -4.80. The van der Waals surface area contributed by atoms with Crippen molar-refractivity contribution in [2.75, 3.05) is 0 Å². The molecule has 161 valence electrons. The van der Waals surface area contributed by atoms with Crippen LogP contribution in [0.3, 0.4) is 0 Å². The number of hydrogen-bond donors (Lipinski definition) is 2. The van der Waals surface area contributed by atoms with Gasteiger partial charge < -0.3 is 19.7 Å². The van der Waals surface area contributed by atoms with Crippen LogP contribution in [0.5, 0.6) is 11.5 Å². The smallest absolute Gasteiger partial charge is 0.476 e. The number of thioether (sulfide) groups is 1. The van der Waals surface area contributed by atoms with Gasteiger partial charge in [-0.15, -0.1) is 13.2 Å². The van der Waals surface area contributed by atoms with Crippen molar-refractivity contribution in [3.63, 3.8) is 0 Å². The molecule has 3 rings (SSSR count). The number of ether oxygens (including phenoxy) is 2. The summed E-state index contributed by atoms with van der Waals surface area (Å²) in [7, 11) is 0. The van der Waals surface area contributed by atoms with E-state index in [1.54, 1.807) is 0 Å². The summed E-state index contributed by atoms with van der Waals surface area (Å²) in [6.07, 6.45) is -4.58. The Labute approximate surface area is 183 Å². The summed E-state index contributed by atoms with van der Waals surface area (Å²) in [4.78, 5) is 20.3. The first kappa shape index (κ1) is 24.9. The Kier molecular flexibility index (Phi) is 9.09.